The van der Waals surface area contributed by atoms with Crippen LogP contribution in [0.3, 0.4) is 0 Å². The van der Waals surface area contributed by atoms with Crippen molar-refractivity contribution in [2.45, 2.75) is 26.3 Å². The summed E-state index contributed by atoms with van der Waals surface area (Å²) in [5.74, 6) is 1.07. The van der Waals surface area contributed by atoms with Gasteiger partial charge in [0.2, 0.25) is 0 Å². The lowest BCUT2D eigenvalue weighted by atomic mass is 10.1. The Bertz CT molecular complexity index is 568. The molecule has 5 heteroatoms. The summed E-state index contributed by atoms with van der Waals surface area (Å²) in [4.78, 5) is 4.44. The number of hydrogen-bond acceptors (Lipinski definition) is 3. The molecular formula is C16H22ClN3O. The van der Waals surface area contributed by atoms with Crippen LogP contribution in [0, 0.1) is 0 Å². The molecule has 0 radical (unpaired) electrons. The van der Waals surface area contributed by atoms with E-state index in [1.165, 1.54) is 0 Å². The van der Waals surface area contributed by atoms with E-state index in [1.807, 2.05) is 24.5 Å². The molecule has 0 fully saturated rings. The van der Waals surface area contributed by atoms with E-state index < -0.39 is 0 Å². The highest BCUT2D eigenvalue weighted by molar-refractivity contribution is 6.31. The normalized spacial score (nSPS) is 11.0. The number of benzene rings is 1. The molecule has 1 heterocycles. The SMILES string of the molecule is CCCc1nccn1-c1cccc(Cl)c1CNCCOC. The van der Waals surface area contributed by atoms with Crippen molar-refractivity contribution < 1.29 is 4.74 Å². The number of rotatable bonds is 8. The molecule has 0 unspecified atom stereocenters. The third-order valence-electron chi connectivity index (χ3n) is 3.33. The molecule has 1 aromatic carbocycles. The number of aryl methyl sites for hydroxylation is 1. The van der Waals surface area contributed by atoms with Gasteiger partial charge in [0.1, 0.15) is 5.82 Å². The van der Waals surface area contributed by atoms with Gasteiger partial charge in [0, 0.05) is 49.6 Å². The second kappa shape index (κ2) is 8.17. The van der Waals surface area contributed by atoms with Gasteiger partial charge >= 0.3 is 0 Å². The average Bonchev–Trinajstić information content (AvgIpc) is 2.93. The number of imidazole rings is 1. The molecule has 0 spiro atoms. The van der Waals surface area contributed by atoms with Crippen molar-refractivity contribution in [2.75, 3.05) is 20.3 Å². The van der Waals surface area contributed by atoms with Crippen molar-refractivity contribution in [1.29, 1.82) is 0 Å². The van der Waals surface area contributed by atoms with E-state index in [2.05, 4.69) is 27.9 Å². The molecule has 1 N–H and O–H groups in total. The summed E-state index contributed by atoms with van der Waals surface area (Å²) in [5, 5.41) is 4.13. The van der Waals surface area contributed by atoms with Gasteiger partial charge in [-0.25, -0.2) is 4.98 Å². The second-order valence-corrected chi connectivity index (χ2v) is 5.28. The van der Waals surface area contributed by atoms with E-state index in [0.717, 1.165) is 41.5 Å². The molecule has 0 bridgehead atoms. The Hall–Kier alpha value is -1.36. The molecule has 0 aliphatic carbocycles. The molecule has 2 aromatic rings. The van der Waals surface area contributed by atoms with Crippen molar-refractivity contribution >= 4 is 11.6 Å². The van der Waals surface area contributed by atoms with Gasteiger partial charge in [-0.05, 0) is 18.6 Å². The van der Waals surface area contributed by atoms with E-state index in [9.17, 15) is 0 Å². The van der Waals surface area contributed by atoms with Gasteiger partial charge in [-0.2, -0.15) is 0 Å². The molecule has 114 valence electrons. The largest absolute Gasteiger partial charge is 0.383 e. The van der Waals surface area contributed by atoms with Crippen LogP contribution in [0.4, 0.5) is 0 Å². The number of nitrogens with one attached hydrogen (secondary N) is 1. The Balaban J connectivity index is 2.26. The Morgan fingerprint density at radius 3 is 3.00 bits per heavy atom. The van der Waals surface area contributed by atoms with Crippen LogP contribution in [0.1, 0.15) is 24.7 Å². The molecule has 4 nitrogen and oxygen atoms in total. The summed E-state index contributed by atoms with van der Waals surface area (Å²) in [7, 11) is 1.70. The van der Waals surface area contributed by atoms with E-state index >= 15 is 0 Å². The maximum atomic E-state index is 6.38. The maximum absolute atomic E-state index is 6.38. The first-order valence-electron chi connectivity index (χ1n) is 7.27. The summed E-state index contributed by atoms with van der Waals surface area (Å²) >= 11 is 6.38. The summed E-state index contributed by atoms with van der Waals surface area (Å²) in [6, 6.07) is 5.99. The van der Waals surface area contributed by atoms with Crippen molar-refractivity contribution in [1.82, 2.24) is 14.9 Å². The number of halogens is 1. The maximum Gasteiger partial charge on any atom is 0.113 e. The third-order valence-corrected chi connectivity index (χ3v) is 3.68. The number of methoxy groups -OCH3 is 1. The van der Waals surface area contributed by atoms with E-state index in [-0.39, 0.29) is 0 Å². The quantitative estimate of drug-likeness (QED) is 0.761. The van der Waals surface area contributed by atoms with Crippen molar-refractivity contribution in [3.63, 3.8) is 0 Å². The summed E-state index contributed by atoms with van der Waals surface area (Å²) in [6.07, 6.45) is 5.86. The minimum atomic E-state index is 0.686. The van der Waals surface area contributed by atoms with Crippen LogP contribution < -0.4 is 5.32 Å². The van der Waals surface area contributed by atoms with Crippen LogP contribution in [0.5, 0.6) is 0 Å². The Kier molecular flexibility index (Phi) is 6.23. The van der Waals surface area contributed by atoms with E-state index in [0.29, 0.717) is 13.2 Å². The minimum absolute atomic E-state index is 0.686. The highest BCUT2D eigenvalue weighted by Crippen LogP contribution is 2.24. The first-order valence-corrected chi connectivity index (χ1v) is 7.65. The molecule has 0 saturated carbocycles. The van der Waals surface area contributed by atoms with Gasteiger partial charge in [-0.15, -0.1) is 0 Å². The lowest BCUT2D eigenvalue weighted by Crippen LogP contribution is -2.20. The molecular weight excluding hydrogens is 286 g/mol. The minimum Gasteiger partial charge on any atom is -0.383 e. The zero-order valence-electron chi connectivity index (χ0n) is 12.6. The topological polar surface area (TPSA) is 39.1 Å². The first kappa shape index (κ1) is 16.0. The van der Waals surface area contributed by atoms with Crippen LogP contribution in [-0.2, 0) is 17.7 Å². The molecule has 0 aliphatic rings. The zero-order chi connectivity index (χ0) is 15.1. The smallest absolute Gasteiger partial charge is 0.113 e. The van der Waals surface area contributed by atoms with Crippen LogP contribution in [0.2, 0.25) is 5.02 Å². The van der Waals surface area contributed by atoms with E-state index in [4.69, 9.17) is 16.3 Å². The lowest BCUT2D eigenvalue weighted by molar-refractivity contribution is 0.199. The fourth-order valence-electron chi connectivity index (χ4n) is 2.30. The van der Waals surface area contributed by atoms with E-state index in [1.54, 1.807) is 7.11 Å². The predicted molar refractivity (Wildman–Crippen MR) is 86.2 cm³/mol. The fourth-order valence-corrected chi connectivity index (χ4v) is 2.53. The third kappa shape index (κ3) is 4.06. The summed E-state index contributed by atoms with van der Waals surface area (Å²) in [6.45, 7) is 4.35. The van der Waals surface area contributed by atoms with Gasteiger partial charge < -0.3 is 14.6 Å². The van der Waals surface area contributed by atoms with Gasteiger partial charge in [0.05, 0.1) is 12.3 Å². The van der Waals surface area contributed by atoms with Gasteiger partial charge in [-0.1, -0.05) is 24.6 Å². The molecule has 21 heavy (non-hydrogen) atoms. The number of aromatic nitrogens is 2. The fraction of sp³-hybridized carbons (Fsp3) is 0.438. The number of ether oxygens (including phenoxy) is 1. The highest BCUT2D eigenvalue weighted by atomic mass is 35.5. The molecule has 0 atom stereocenters. The monoisotopic (exact) mass is 307 g/mol. The molecule has 0 aliphatic heterocycles. The van der Waals surface area contributed by atoms with Crippen LogP contribution in [0.15, 0.2) is 30.6 Å². The Morgan fingerprint density at radius 1 is 1.38 bits per heavy atom. The van der Waals surface area contributed by atoms with Crippen molar-refractivity contribution in [2.24, 2.45) is 0 Å². The average molecular weight is 308 g/mol. The number of nitrogens with zero attached hydrogens (tertiary/aromatic N) is 2. The van der Waals surface area contributed by atoms with Gasteiger partial charge in [0.25, 0.3) is 0 Å². The molecule has 0 saturated heterocycles. The Morgan fingerprint density at radius 2 is 2.24 bits per heavy atom. The highest BCUT2D eigenvalue weighted by Gasteiger charge is 2.11. The van der Waals surface area contributed by atoms with Crippen LogP contribution >= 0.6 is 11.6 Å². The second-order valence-electron chi connectivity index (χ2n) is 4.87. The number of hydrogen-bond donors (Lipinski definition) is 1. The summed E-state index contributed by atoms with van der Waals surface area (Å²) in [5.41, 5.74) is 2.18. The van der Waals surface area contributed by atoms with Crippen molar-refractivity contribution in [3.05, 3.63) is 47.0 Å². The van der Waals surface area contributed by atoms with Gasteiger partial charge in [0.15, 0.2) is 0 Å². The molecule has 0 amide bonds. The zero-order valence-corrected chi connectivity index (χ0v) is 13.4. The van der Waals surface area contributed by atoms with Crippen LogP contribution in [-0.4, -0.2) is 29.8 Å². The Labute approximate surface area is 131 Å². The van der Waals surface area contributed by atoms with Crippen molar-refractivity contribution in [3.8, 4) is 5.69 Å². The van der Waals surface area contributed by atoms with Gasteiger partial charge in [-0.3, -0.25) is 0 Å². The van der Waals surface area contributed by atoms with Crippen LogP contribution in [0.25, 0.3) is 5.69 Å². The standard InChI is InChI=1S/C16H22ClN3O/c1-3-5-16-19-8-10-20(16)15-7-4-6-14(17)13(15)12-18-9-11-21-2/h4,6-8,10,18H,3,5,9,11-12H2,1-2H3. The summed E-state index contributed by atoms with van der Waals surface area (Å²) < 4.78 is 7.18. The predicted octanol–water partition coefficient (Wildman–Crippen LogP) is 3.21. The molecule has 1 aromatic heterocycles. The first-order chi connectivity index (χ1) is 10.3. The lowest BCUT2D eigenvalue weighted by Gasteiger charge is -2.15. The molecule has 2 rings (SSSR count).